The SMILES string of the molecule is CCN(c1cc(Cl)cc(C(=O)NCc2c(C)cc(C)[nH]c2=O)c1C)C1CCCCC1.CNC1COC1. The summed E-state index contributed by atoms with van der Waals surface area (Å²) in [6, 6.07) is 6.74. The fraction of sp³-hybridized carbons (Fsp3) is 0.571. The summed E-state index contributed by atoms with van der Waals surface area (Å²) in [5.74, 6) is -0.213. The number of pyridine rings is 1. The number of aryl methyl sites for hydroxylation is 2. The average Bonchev–Trinajstić information content (AvgIpc) is 2.81. The molecule has 2 fully saturated rings. The van der Waals surface area contributed by atoms with Crippen molar-refractivity contribution in [2.24, 2.45) is 0 Å². The molecule has 198 valence electrons. The second-order valence-electron chi connectivity index (χ2n) is 9.82. The van der Waals surface area contributed by atoms with Crippen molar-refractivity contribution in [3.8, 4) is 0 Å². The van der Waals surface area contributed by atoms with Crippen LogP contribution in [0.4, 0.5) is 5.69 Å². The van der Waals surface area contributed by atoms with E-state index in [0.29, 0.717) is 28.2 Å². The Labute approximate surface area is 220 Å². The standard InChI is InChI=1S/C24H32ClN3O2.C4H9NO/c1-5-28(19-9-7-6-8-10-19)22-13-18(25)12-20(17(22)4)23(29)26-14-21-15(2)11-16(3)27-24(21)30;1-5-4-2-6-3-4/h11-13,19H,5-10,14H2,1-4H3,(H,26,29)(H,27,30);4-5H,2-3H2,1H3. The summed E-state index contributed by atoms with van der Waals surface area (Å²) in [4.78, 5) is 30.5. The first-order valence-corrected chi connectivity index (χ1v) is 13.4. The molecular weight excluding hydrogens is 476 g/mol. The summed E-state index contributed by atoms with van der Waals surface area (Å²) in [5, 5.41) is 6.54. The number of hydrogen-bond acceptors (Lipinski definition) is 5. The fourth-order valence-corrected chi connectivity index (χ4v) is 5.20. The van der Waals surface area contributed by atoms with E-state index in [1.165, 1.54) is 32.1 Å². The number of halogens is 1. The number of aromatic amines is 1. The van der Waals surface area contributed by atoms with Gasteiger partial charge >= 0.3 is 0 Å². The molecule has 1 aliphatic heterocycles. The Morgan fingerprint density at radius 1 is 1.14 bits per heavy atom. The van der Waals surface area contributed by atoms with Gasteiger partial charge in [-0.15, -0.1) is 0 Å². The van der Waals surface area contributed by atoms with Crippen LogP contribution in [-0.4, -0.2) is 49.8 Å². The number of ether oxygens (including phenoxy) is 1. The molecule has 0 bridgehead atoms. The van der Waals surface area contributed by atoms with Crippen LogP contribution in [0, 0.1) is 20.8 Å². The second-order valence-corrected chi connectivity index (χ2v) is 10.3. The zero-order chi connectivity index (χ0) is 26.2. The van der Waals surface area contributed by atoms with Crippen LogP contribution >= 0.6 is 11.6 Å². The van der Waals surface area contributed by atoms with Crippen LogP contribution in [-0.2, 0) is 11.3 Å². The zero-order valence-corrected chi connectivity index (χ0v) is 23.1. The van der Waals surface area contributed by atoms with Gasteiger partial charge in [-0.25, -0.2) is 0 Å². The van der Waals surface area contributed by atoms with Crippen LogP contribution in [0.5, 0.6) is 0 Å². The molecule has 2 aliphatic rings. The number of nitrogens with zero attached hydrogens (tertiary/aromatic N) is 1. The number of amides is 1. The lowest BCUT2D eigenvalue weighted by molar-refractivity contribution is -0.00169. The van der Waals surface area contributed by atoms with Crippen molar-refractivity contribution in [1.29, 1.82) is 0 Å². The maximum Gasteiger partial charge on any atom is 0.253 e. The molecule has 8 heteroatoms. The largest absolute Gasteiger partial charge is 0.378 e. The van der Waals surface area contributed by atoms with Gasteiger partial charge in [0.25, 0.3) is 11.5 Å². The Morgan fingerprint density at radius 3 is 2.36 bits per heavy atom. The topological polar surface area (TPSA) is 86.5 Å². The van der Waals surface area contributed by atoms with Crippen molar-refractivity contribution >= 4 is 23.2 Å². The number of hydrogen-bond donors (Lipinski definition) is 3. The summed E-state index contributed by atoms with van der Waals surface area (Å²) in [5.41, 5.74) is 4.62. The summed E-state index contributed by atoms with van der Waals surface area (Å²) < 4.78 is 4.86. The monoisotopic (exact) mass is 516 g/mol. The molecule has 1 aromatic heterocycles. The molecule has 2 heterocycles. The number of likely N-dealkylation sites (N-methyl/N-ethyl adjacent to an activating group) is 1. The molecule has 0 radical (unpaired) electrons. The molecule has 1 saturated carbocycles. The van der Waals surface area contributed by atoms with E-state index >= 15 is 0 Å². The molecular formula is C28H41ClN4O3. The lowest BCUT2D eigenvalue weighted by Crippen LogP contribution is -2.43. The summed E-state index contributed by atoms with van der Waals surface area (Å²) in [6.07, 6.45) is 6.15. The normalized spacial score (nSPS) is 16.1. The van der Waals surface area contributed by atoms with Crippen LogP contribution < -0.4 is 21.1 Å². The Kier molecular flexibility index (Phi) is 10.4. The highest BCUT2D eigenvalue weighted by atomic mass is 35.5. The van der Waals surface area contributed by atoms with Crippen LogP contribution in [0.2, 0.25) is 5.02 Å². The molecule has 0 unspecified atom stereocenters. The summed E-state index contributed by atoms with van der Waals surface area (Å²) in [7, 11) is 1.95. The zero-order valence-electron chi connectivity index (χ0n) is 22.3. The first-order chi connectivity index (χ1) is 17.2. The van der Waals surface area contributed by atoms with E-state index in [9.17, 15) is 9.59 Å². The maximum absolute atomic E-state index is 13.0. The van der Waals surface area contributed by atoms with E-state index in [0.717, 1.165) is 42.3 Å². The number of aromatic nitrogens is 1. The minimum Gasteiger partial charge on any atom is -0.378 e. The maximum atomic E-state index is 13.0. The van der Waals surface area contributed by atoms with Crippen LogP contribution in [0.1, 0.15) is 71.8 Å². The number of H-pyrrole nitrogens is 1. The molecule has 2 aromatic rings. The van der Waals surface area contributed by atoms with Crippen LogP contribution in [0.3, 0.4) is 0 Å². The smallest absolute Gasteiger partial charge is 0.253 e. The fourth-order valence-electron chi connectivity index (χ4n) is 4.98. The predicted molar refractivity (Wildman–Crippen MR) is 147 cm³/mol. The summed E-state index contributed by atoms with van der Waals surface area (Å²) in [6.45, 7) is 10.7. The molecule has 1 amide bonds. The Bertz CT molecular complexity index is 1090. The van der Waals surface area contributed by atoms with Gasteiger partial charge in [-0.3, -0.25) is 9.59 Å². The van der Waals surface area contributed by atoms with Gasteiger partial charge in [-0.05, 0) is 76.9 Å². The third kappa shape index (κ3) is 7.11. The average molecular weight is 517 g/mol. The van der Waals surface area contributed by atoms with Gasteiger partial charge in [0.1, 0.15) is 0 Å². The third-order valence-corrected chi connectivity index (χ3v) is 7.44. The van der Waals surface area contributed by atoms with E-state index in [2.05, 4.69) is 27.4 Å². The number of carbonyl (C=O) groups excluding carboxylic acids is 1. The molecule has 4 rings (SSSR count). The van der Waals surface area contributed by atoms with Gasteiger partial charge in [0.2, 0.25) is 0 Å². The minimum atomic E-state index is -0.213. The van der Waals surface area contributed by atoms with Crippen molar-refractivity contribution < 1.29 is 9.53 Å². The van der Waals surface area contributed by atoms with Crippen LogP contribution in [0.25, 0.3) is 0 Å². The Hall–Kier alpha value is -2.35. The van der Waals surface area contributed by atoms with E-state index in [1.807, 2.05) is 40.0 Å². The van der Waals surface area contributed by atoms with Crippen molar-refractivity contribution in [1.82, 2.24) is 15.6 Å². The predicted octanol–water partition coefficient (Wildman–Crippen LogP) is 4.65. The quantitative estimate of drug-likeness (QED) is 0.499. The highest BCUT2D eigenvalue weighted by Crippen LogP contribution is 2.33. The van der Waals surface area contributed by atoms with E-state index < -0.39 is 0 Å². The molecule has 0 spiro atoms. The minimum absolute atomic E-state index is 0.161. The lowest BCUT2D eigenvalue weighted by atomic mass is 9.93. The van der Waals surface area contributed by atoms with Gasteiger partial charge in [0, 0.05) is 46.7 Å². The second kappa shape index (κ2) is 13.3. The summed E-state index contributed by atoms with van der Waals surface area (Å²) >= 11 is 6.43. The molecule has 36 heavy (non-hydrogen) atoms. The Balaban J connectivity index is 0.000000526. The molecule has 7 nitrogen and oxygen atoms in total. The molecule has 1 aliphatic carbocycles. The van der Waals surface area contributed by atoms with Gasteiger partial charge < -0.3 is 25.3 Å². The highest BCUT2D eigenvalue weighted by Gasteiger charge is 2.24. The number of nitrogens with one attached hydrogen (secondary N) is 3. The van der Waals surface area contributed by atoms with E-state index in [-0.39, 0.29) is 18.0 Å². The number of anilines is 1. The van der Waals surface area contributed by atoms with Crippen molar-refractivity contribution in [3.05, 3.63) is 61.5 Å². The van der Waals surface area contributed by atoms with Crippen molar-refractivity contribution in [2.75, 3.05) is 31.7 Å². The van der Waals surface area contributed by atoms with E-state index in [1.54, 1.807) is 6.07 Å². The number of rotatable bonds is 7. The lowest BCUT2D eigenvalue weighted by Gasteiger charge is -2.36. The van der Waals surface area contributed by atoms with Gasteiger partial charge in [-0.2, -0.15) is 0 Å². The molecule has 1 aromatic carbocycles. The molecule has 3 N–H and O–H groups in total. The third-order valence-electron chi connectivity index (χ3n) is 7.22. The van der Waals surface area contributed by atoms with Gasteiger partial charge in [-0.1, -0.05) is 30.9 Å². The van der Waals surface area contributed by atoms with Gasteiger partial charge in [0.15, 0.2) is 0 Å². The Morgan fingerprint density at radius 2 is 1.83 bits per heavy atom. The van der Waals surface area contributed by atoms with Gasteiger partial charge in [0.05, 0.1) is 19.3 Å². The van der Waals surface area contributed by atoms with Crippen molar-refractivity contribution in [2.45, 2.75) is 78.4 Å². The number of benzene rings is 1. The van der Waals surface area contributed by atoms with Crippen LogP contribution in [0.15, 0.2) is 23.0 Å². The number of carbonyl (C=O) groups is 1. The van der Waals surface area contributed by atoms with E-state index in [4.69, 9.17) is 16.3 Å². The highest BCUT2D eigenvalue weighted by molar-refractivity contribution is 6.31. The first kappa shape index (κ1) is 28.2. The van der Waals surface area contributed by atoms with Crippen molar-refractivity contribution in [3.63, 3.8) is 0 Å². The first-order valence-electron chi connectivity index (χ1n) is 13.0. The molecule has 0 atom stereocenters. The molecule has 1 saturated heterocycles.